The maximum Gasteiger partial charge on any atom is 0.349 e. The van der Waals surface area contributed by atoms with Crippen LogP contribution in [-0.4, -0.2) is 11.9 Å². The van der Waals surface area contributed by atoms with Gasteiger partial charge in [-0.3, -0.25) is 4.79 Å². The number of benzene rings is 2. The van der Waals surface area contributed by atoms with Crippen LogP contribution in [0.4, 0.5) is 0 Å². The van der Waals surface area contributed by atoms with Gasteiger partial charge >= 0.3 is 5.97 Å². The van der Waals surface area contributed by atoms with E-state index in [0.717, 1.165) is 11.1 Å². The molecule has 4 nitrogen and oxygen atoms in total. The van der Waals surface area contributed by atoms with Crippen molar-refractivity contribution < 1.29 is 14.3 Å². The van der Waals surface area contributed by atoms with E-state index in [2.05, 4.69) is 5.32 Å². The van der Waals surface area contributed by atoms with Crippen molar-refractivity contribution in [2.45, 2.75) is 19.6 Å². The number of thiophene rings is 1. The van der Waals surface area contributed by atoms with Crippen molar-refractivity contribution in [3.8, 4) is 0 Å². The van der Waals surface area contributed by atoms with Crippen LogP contribution in [0.5, 0.6) is 0 Å². The Hall–Kier alpha value is -2.92. The number of rotatable bonds is 6. The Bertz CT molecular complexity index is 858. The third-order valence-electron chi connectivity index (χ3n) is 3.88. The quantitative estimate of drug-likeness (QED) is 0.664. The van der Waals surface area contributed by atoms with Gasteiger partial charge in [-0.05, 0) is 23.9 Å². The minimum atomic E-state index is -0.992. The molecule has 1 aromatic heterocycles. The highest BCUT2D eigenvalue weighted by Crippen LogP contribution is 2.22. The van der Waals surface area contributed by atoms with Gasteiger partial charge in [-0.2, -0.15) is 0 Å². The number of hydrogen-bond acceptors (Lipinski definition) is 4. The molecule has 0 saturated heterocycles. The average molecular weight is 365 g/mol. The molecule has 0 spiro atoms. The van der Waals surface area contributed by atoms with Gasteiger partial charge in [-0.1, -0.05) is 66.2 Å². The number of carbonyl (C=O) groups excluding carboxylic acids is 2. The van der Waals surface area contributed by atoms with Gasteiger partial charge < -0.3 is 10.1 Å². The van der Waals surface area contributed by atoms with E-state index in [1.165, 1.54) is 11.3 Å². The molecular weight excluding hydrogens is 346 g/mol. The average Bonchev–Trinajstić information content (AvgIpc) is 3.21. The van der Waals surface area contributed by atoms with Crippen LogP contribution < -0.4 is 5.32 Å². The van der Waals surface area contributed by atoms with Crippen molar-refractivity contribution in [3.63, 3.8) is 0 Å². The minimum absolute atomic E-state index is 0.345. The lowest BCUT2D eigenvalue weighted by Crippen LogP contribution is -2.31. The molecule has 1 N–H and O–H groups in total. The van der Waals surface area contributed by atoms with Gasteiger partial charge in [-0.15, -0.1) is 11.3 Å². The van der Waals surface area contributed by atoms with Gasteiger partial charge in [0, 0.05) is 12.1 Å². The second kappa shape index (κ2) is 8.45. The fraction of sp³-hybridized carbons (Fsp3) is 0.143. The molecule has 5 heteroatoms. The van der Waals surface area contributed by atoms with Crippen molar-refractivity contribution in [3.05, 3.63) is 93.7 Å². The molecule has 0 aliphatic rings. The molecule has 1 amide bonds. The van der Waals surface area contributed by atoms with Crippen LogP contribution in [0, 0.1) is 6.92 Å². The summed E-state index contributed by atoms with van der Waals surface area (Å²) in [6.07, 6.45) is -0.992. The molecule has 1 unspecified atom stereocenters. The lowest BCUT2D eigenvalue weighted by molar-refractivity contribution is -0.130. The number of aryl methyl sites for hydroxylation is 1. The Morgan fingerprint density at radius 3 is 2.38 bits per heavy atom. The van der Waals surface area contributed by atoms with Gasteiger partial charge in [0.15, 0.2) is 0 Å². The Morgan fingerprint density at radius 2 is 1.73 bits per heavy atom. The van der Waals surface area contributed by atoms with E-state index in [-0.39, 0.29) is 5.91 Å². The zero-order valence-electron chi connectivity index (χ0n) is 14.3. The highest BCUT2D eigenvalue weighted by atomic mass is 32.1. The number of esters is 1. The molecular formula is C21H19NO3S. The van der Waals surface area contributed by atoms with E-state index in [9.17, 15) is 9.59 Å². The Kier molecular flexibility index (Phi) is 5.81. The molecule has 26 heavy (non-hydrogen) atoms. The van der Waals surface area contributed by atoms with E-state index in [1.54, 1.807) is 17.5 Å². The second-order valence-corrected chi connectivity index (χ2v) is 6.82. The Balaban J connectivity index is 1.76. The second-order valence-electron chi connectivity index (χ2n) is 5.88. The first-order valence-electron chi connectivity index (χ1n) is 8.26. The van der Waals surface area contributed by atoms with Gasteiger partial charge in [0.25, 0.3) is 5.91 Å². The standard InChI is InChI=1S/C21H19NO3S/c1-15-9-11-17(12-10-15)19(25-21(24)18-8-5-13-26-18)20(23)22-14-16-6-3-2-4-7-16/h2-13,19H,14H2,1H3,(H,22,23). The van der Waals surface area contributed by atoms with Crippen molar-refractivity contribution in [2.24, 2.45) is 0 Å². The van der Waals surface area contributed by atoms with Crippen LogP contribution in [-0.2, 0) is 16.1 Å². The summed E-state index contributed by atoms with van der Waals surface area (Å²) in [6, 6.07) is 20.5. The largest absolute Gasteiger partial charge is 0.443 e. The van der Waals surface area contributed by atoms with E-state index >= 15 is 0 Å². The lowest BCUT2D eigenvalue weighted by Gasteiger charge is -2.18. The van der Waals surface area contributed by atoms with Gasteiger partial charge in [0.1, 0.15) is 4.88 Å². The third-order valence-corrected chi connectivity index (χ3v) is 4.72. The summed E-state index contributed by atoms with van der Waals surface area (Å²) in [5.41, 5.74) is 2.70. The van der Waals surface area contributed by atoms with Gasteiger partial charge in [-0.25, -0.2) is 4.79 Å². The topological polar surface area (TPSA) is 55.4 Å². The van der Waals surface area contributed by atoms with Crippen LogP contribution in [0.15, 0.2) is 72.1 Å². The molecule has 0 aliphatic carbocycles. The smallest absolute Gasteiger partial charge is 0.349 e. The molecule has 3 rings (SSSR count). The SMILES string of the molecule is Cc1ccc(C(OC(=O)c2cccs2)C(=O)NCc2ccccc2)cc1. The van der Waals surface area contributed by atoms with E-state index in [1.807, 2.05) is 61.5 Å². The molecule has 132 valence electrons. The van der Waals surface area contributed by atoms with Crippen LogP contribution in [0.1, 0.15) is 32.5 Å². The van der Waals surface area contributed by atoms with Crippen LogP contribution in [0.25, 0.3) is 0 Å². The summed E-state index contributed by atoms with van der Waals surface area (Å²) in [4.78, 5) is 25.5. The maximum absolute atomic E-state index is 12.7. The molecule has 1 atom stereocenters. The van der Waals surface area contributed by atoms with Crippen LogP contribution in [0.3, 0.4) is 0 Å². The molecule has 0 fully saturated rings. The molecule has 0 aliphatic heterocycles. The predicted molar refractivity (Wildman–Crippen MR) is 102 cm³/mol. The number of amides is 1. The zero-order valence-corrected chi connectivity index (χ0v) is 15.2. The zero-order chi connectivity index (χ0) is 18.4. The fourth-order valence-electron chi connectivity index (χ4n) is 2.45. The van der Waals surface area contributed by atoms with Gasteiger partial charge in [0.2, 0.25) is 6.10 Å². The highest BCUT2D eigenvalue weighted by molar-refractivity contribution is 7.11. The van der Waals surface area contributed by atoms with Crippen molar-refractivity contribution >= 4 is 23.2 Å². The van der Waals surface area contributed by atoms with Crippen molar-refractivity contribution in [2.75, 3.05) is 0 Å². The van der Waals surface area contributed by atoms with Crippen molar-refractivity contribution in [1.29, 1.82) is 0 Å². The summed E-state index contributed by atoms with van der Waals surface area (Å²) < 4.78 is 5.53. The highest BCUT2D eigenvalue weighted by Gasteiger charge is 2.25. The summed E-state index contributed by atoms with van der Waals surface area (Å²) in [7, 11) is 0. The molecule has 3 aromatic rings. The molecule has 0 radical (unpaired) electrons. The predicted octanol–water partition coefficient (Wildman–Crippen LogP) is 4.27. The molecule has 0 bridgehead atoms. The molecule has 2 aromatic carbocycles. The summed E-state index contributed by atoms with van der Waals surface area (Å²) >= 11 is 1.29. The maximum atomic E-state index is 12.7. The summed E-state index contributed by atoms with van der Waals surface area (Å²) in [5, 5.41) is 4.65. The third kappa shape index (κ3) is 4.58. The number of nitrogens with one attached hydrogen (secondary N) is 1. The molecule has 0 saturated carbocycles. The normalized spacial score (nSPS) is 11.6. The summed E-state index contributed by atoms with van der Waals surface area (Å²) in [6.45, 7) is 2.34. The van der Waals surface area contributed by atoms with Crippen LogP contribution in [0.2, 0.25) is 0 Å². The van der Waals surface area contributed by atoms with E-state index in [4.69, 9.17) is 4.74 Å². The lowest BCUT2D eigenvalue weighted by atomic mass is 10.1. The van der Waals surface area contributed by atoms with E-state index in [0.29, 0.717) is 17.0 Å². The number of ether oxygens (including phenoxy) is 1. The Labute approximate surface area is 156 Å². The van der Waals surface area contributed by atoms with Crippen LogP contribution >= 0.6 is 11.3 Å². The first-order valence-corrected chi connectivity index (χ1v) is 9.14. The van der Waals surface area contributed by atoms with Crippen molar-refractivity contribution in [1.82, 2.24) is 5.32 Å². The minimum Gasteiger partial charge on any atom is -0.443 e. The summed E-state index contributed by atoms with van der Waals surface area (Å²) in [5.74, 6) is -0.844. The Morgan fingerprint density at radius 1 is 1.00 bits per heavy atom. The molecule has 1 heterocycles. The van der Waals surface area contributed by atoms with E-state index < -0.39 is 12.1 Å². The van der Waals surface area contributed by atoms with Gasteiger partial charge in [0.05, 0.1) is 0 Å². The monoisotopic (exact) mass is 365 g/mol. The number of hydrogen-bond donors (Lipinski definition) is 1. The number of carbonyl (C=O) groups is 2. The first kappa shape index (κ1) is 17.9. The first-order chi connectivity index (χ1) is 12.6. The fourth-order valence-corrected chi connectivity index (χ4v) is 3.06.